The van der Waals surface area contributed by atoms with Crippen LogP contribution < -0.4 is 5.56 Å². The van der Waals surface area contributed by atoms with Crippen LogP contribution in [0, 0.1) is 12.8 Å². The normalized spacial score (nSPS) is 18.7. The maximum atomic E-state index is 12.7. The molecule has 0 aromatic carbocycles. The molecular formula is C16H18N4OS3. The van der Waals surface area contributed by atoms with Gasteiger partial charge in [-0.2, -0.15) is 0 Å². The Kier molecular flexibility index (Phi) is 4.22. The van der Waals surface area contributed by atoms with Crippen molar-refractivity contribution in [2.75, 3.05) is 0 Å². The monoisotopic (exact) mass is 378 g/mol. The highest BCUT2D eigenvalue weighted by Gasteiger charge is 2.24. The van der Waals surface area contributed by atoms with E-state index in [1.54, 1.807) is 34.4 Å². The van der Waals surface area contributed by atoms with Crippen LogP contribution in [0.3, 0.4) is 0 Å². The van der Waals surface area contributed by atoms with E-state index in [1.165, 1.54) is 10.4 Å². The number of hydrogen-bond donors (Lipinski definition) is 1. The molecule has 0 aliphatic heterocycles. The molecule has 0 fully saturated rings. The molecule has 5 nitrogen and oxygen atoms in total. The van der Waals surface area contributed by atoms with E-state index in [2.05, 4.69) is 22.1 Å². The zero-order chi connectivity index (χ0) is 16.8. The van der Waals surface area contributed by atoms with Crippen molar-refractivity contribution in [3.63, 3.8) is 0 Å². The van der Waals surface area contributed by atoms with Crippen LogP contribution in [0.2, 0.25) is 0 Å². The third-order valence-corrected chi connectivity index (χ3v) is 7.53. The van der Waals surface area contributed by atoms with Crippen LogP contribution in [-0.4, -0.2) is 20.2 Å². The summed E-state index contributed by atoms with van der Waals surface area (Å²) < 4.78 is 0.905. The van der Waals surface area contributed by atoms with Crippen molar-refractivity contribution in [3.8, 4) is 0 Å². The van der Waals surface area contributed by atoms with Crippen molar-refractivity contribution in [3.05, 3.63) is 31.6 Å². The third-order valence-electron chi connectivity index (χ3n) is 4.35. The number of H-pyrrole nitrogens is 1. The van der Waals surface area contributed by atoms with Crippen LogP contribution in [-0.2, 0) is 12.8 Å². The van der Waals surface area contributed by atoms with Gasteiger partial charge in [0.2, 0.25) is 0 Å². The maximum Gasteiger partial charge on any atom is 0.259 e. The first-order valence-electron chi connectivity index (χ1n) is 8.02. The van der Waals surface area contributed by atoms with E-state index in [4.69, 9.17) is 4.98 Å². The van der Waals surface area contributed by atoms with E-state index in [0.29, 0.717) is 5.92 Å². The van der Waals surface area contributed by atoms with Crippen LogP contribution in [0.15, 0.2) is 9.13 Å². The molecule has 1 aliphatic rings. The van der Waals surface area contributed by atoms with Gasteiger partial charge in [-0.05, 0) is 44.6 Å². The second kappa shape index (κ2) is 6.24. The van der Waals surface area contributed by atoms with E-state index in [9.17, 15) is 4.79 Å². The molecular weight excluding hydrogens is 360 g/mol. The van der Waals surface area contributed by atoms with Gasteiger partial charge in [-0.15, -0.1) is 21.5 Å². The van der Waals surface area contributed by atoms with Gasteiger partial charge in [0.1, 0.15) is 15.7 Å². The lowest BCUT2D eigenvalue weighted by molar-refractivity contribution is 0.509. The van der Waals surface area contributed by atoms with Crippen molar-refractivity contribution >= 4 is 44.7 Å². The minimum absolute atomic E-state index is 0.00273. The molecule has 2 atom stereocenters. The summed E-state index contributed by atoms with van der Waals surface area (Å²) in [5.41, 5.74) is 1.23. The summed E-state index contributed by atoms with van der Waals surface area (Å²) in [6, 6.07) is 0. The first kappa shape index (κ1) is 16.2. The summed E-state index contributed by atoms with van der Waals surface area (Å²) >= 11 is 4.85. The minimum atomic E-state index is 0.00273. The lowest BCUT2D eigenvalue weighted by Gasteiger charge is -2.17. The fraction of sp³-hybridized carbons (Fsp3) is 0.500. The third kappa shape index (κ3) is 2.91. The van der Waals surface area contributed by atoms with Crippen LogP contribution >= 0.6 is 34.4 Å². The Balaban J connectivity index is 1.71. The molecule has 0 saturated carbocycles. The minimum Gasteiger partial charge on any atom is -0.309 e. The topological polar surface area (TPSA) is 71.5 Å². The number of nitrogens with zero attached hydrogens (tertiary/aromatic N) is 3. The molecule has 1 N–H and O–H groups in total. The summed E-state index contributed by atoms with van der Waals surface area (Å²) in [5, 5.41) is 9.98. The summed E-state index contributed by atoms with van der Waals surface area (Å²) in [6.07, 6.45) is 3.22. The highest BCUT2D eigenvalue weighted by molar-refractivity contribution is 8.01. The van der Waals surface area contributed by atoms with E-state index in [-0.39, 0.29) is 10.8 Å². The van der Waals surface area contributed by atoms with Gasteiger partial charge in [-0.1, -0.05) is 30.0 Å². The number of aromatic nitrogens is 4. The molecule has 3 aromatic heterocycles. The zero-order valence-electron chi connectivity index (χ0n) is 13.8. The van der Waals surface area contributed by atoms with Gasteiger partial charge in [-0.25, -0.2) is 4.98 Å². The summed E-state index contributed by atoms with van der Waals surface area (Å²) in [7, 11) is 0. The van der Waals surface area contributed by atoms with E-state index in [1.807, 2.05) is 13.8 Å². The summed E-state index contributed by atoms with van der Waals surface area (Å²) in [6.45, 7) is 6.26. The van der Waals surface area contributed by atoms with Crippen LogP contribution in [0.4, 0.5) is 0 Å². The number of thioether (sulfide) groups is 1. The SMILES string of the molecule is Cc1nnc(S[C@@H](C)c2nc3sc4c(c3c(=O)[nH]2)CC[C@@H](C)C4)s1. The molecule has 0 saturated heterocycles. The fourth-order valence-electron chi connectivity index (χ4n) is 3.09. The van der Waals surface area contributed by atoms with Gasteiger partial charge in [0.25, 0.3) is 5.56 Å². The van der Waals surface area contributed by atoms with Gasteiger partial charge in [0.15, 0.2) is 4.34 Å². The summed E-state index contributed by atoms with van der Waals surface area (Å²) in [4.78, 5) is 22.6. The Labute approximate surface area is 151 Å². The van der Waals surface area contributed by atoms with Crippen molar-refractivity contribution in [1.82, 2.24) is 20.2 Å². The van der Waals surface area contributed by atoms with Crippen LogP contribution in [0.25, 0.3) is 10.2 Å². The van der Waals surface area contributed by atoms with Crippen molar-refractivity contribution < 1.29 is 0 Å². The molecule has 4 rings (SSSR count). The van der Waals surface area contributed by atoms with Crippen molar-refractivity contribution in [1.29, 1.82) is 0 Å². The molecule has 3 aromatic rings. The predicted molar refractivity (Wildman–Crippen MR) is 100 cm³/mol. The standard InChI is InChI=1S/C16H18N4OS3/c1-7-4-5-10-11(6-7)24-15-12(10)14(21)17-13(18-15)8(2)22-16-20-19-9(3)23-16/h7-8H,4-6H2,1-3H3,(H,17,18,21)/t7-,8+/m1/s1. The lowest BCUT2D eigenvalue weighted by Crippen LogP contribution is -2.15. The van der Waals surface area contributed by atoms with Gasteiger partial charge in [0.05, 0.1) is 10.6 Å². The number of hydrogen-bond acceptors (Lipinski definition) is 7. The molecule has 8 heteroatoms. The second-order valence-corrected chi connectivity index (χ2v) is 10.2. The van der Waals surface area contributed by atoms with E-state index < -0.39 is 0 Å². The zero-order valence-corrected chi connectivity index (χ0v) is 16.2. The van der Waals surface area contributed by atoms with E-state index in [0.717, 1.165) is 44.7 Å². The Morgan fingerprint density at radius 2 is 2.17 bits per heavy atom. The van der Waals surface area contributed by atoms with Crippen molar-refractivity contribution in [2.24, 2.45) is 5.92 Å². The summed E-state index contributed by atoms with van der Waals surface area (Å²) in [5.74, 6) is 1.41. The Morgan fingerprint density at radius 1 is 1.33 bits per heavy atom. The molecule has 0 bridgehead atoms. The van der Waals surface area contributed by atoms with Crippen LogP contribution in [0.1, 0.15) is 46.8 Å². The second-order valence-electron chi connectivity index (χ2n) is 6.33. The van der Waals surface area contributed by atoms with Crippen LogP contribution in [0.5, 0.6) is 0 Å². The molecule has 126 valence electrons. The number of aromatic amines is 1. The lowest BCUT2D eigenvalue weighted by atomic mass is 9.89. The molecule has 24 heavy (non-hydrogen) atoms. The van der Waals surface area contributed by atoms with E-state index >= 15 is 0 Å². The largest absolute Gasteiger partial charge is 0.309 e. The smallest absolute Gasteiger partial charge is 0.259 e. The quantitative estimate of drug-likeness (QED) is 0.694. The predicted octanol–water partition coefficient (Wildman–Crippen LogP) is 4.12. The Morgan fingerprint density at radius 3 is 2.92 bits per heavy atom. The number of aryl methyl sites for hydroxylation is 2. The van der Waals surface area contributed by atoms with Gasteiger partial charge < -0.3 is 4.98 Å². The van der Waals surface area contributed by atoms with Crippen molar-refractivity contribution in [2.45, 2.75) is 49.6 Å². The maximum absolute atomic E-state index is 12.7. The number of thiophene rings is 1. The first-order chi connectivity index (χ1) is 11.5. The average Bonchev–Trinajstić information content (AvgIpc) is 3.09. The Bertz CT molecular complexity index is 958. The molecule has 1 aliphatic carbocycles. The van der Waals surface area contributed by atoms with Gasteiger partial charge >= 0.3 is 0 Å². The molecule has 0 radical (unpaired) electrons. The molecule has 0 unspecified atom stereocenters. The number of rotatable bonds is 3. The fourth-order valence-corrected chi connectivity index (χ4v) is 6.50. The average molecular weight is 379 g/mol. The molecule has 0 amide bonds. The van der Waals surface area contributed by atoms with Gasteiger partial charge in [-0.3, -0.25) is 4.79 Å². The highest BCUT2D eigenvalue weighted by Crippen LogP contribution is 2.38. The molecule has 3 heterocycles. The Hall–Kier alpha value is -1.25. The first-order valence-corrected chi connectivity index (χ1v) is 10.5. The number of fused-ring (bicyclic) bond motifs is 3. The highest BCUT2D eigenvalue weighted by atomic mass is 32.2. The number of nitrogens with one attached hydrogen (secondary N) is 1. The van der Waals surface area contributed by atoms with Gasteiger partial charge in [0, 0.05) is 4.88 Å². The molecule has 0 spiro atoms.